The summed E-state index contributed by atoms with van der Waals surface area (Å²) in [7, 11) is -7.47. The van der Waals surface area contributed by atoms with Gasteiger partial charge < -0.3 is 15.5 Å². The Morgan fingerprint density at radius 1 is 1.00 bits per heavy atom. The van der Waals surface area contributed by atoms with E-state index in [2.05, 4.69) is 20.3 Å². The Morgan fingerprint density at radius 2 is 1.67 bits per heavy atom. The fraction of sp³-hybridized carbons (Fsp3) is 0.694. The molecule has 1 aliphatic rings. The number of imidazole rings is 1. The topological polar surface area (TPSA) is 197 Å². The number of hydrogen-bond donors (Lipinski definition) is 5. The van der Waals surface area contributed by atoms with Crippen LogP contribution >= 0.6 is 0 Å². The molecule has 0 bridgehead atoms. The van der Waals surface area contributed by atoms with E-state index in [1.165, 1.54) is 12.5 Å². The number of carbonyl (C=O) groups excluding carboxylic acids is 2. The maximum absolute atomic E-state index is 13.4. The minimum atomic E-state index is -3.79. The Kier molecular flexibility index (Phi) is 16.3. The minimum absolute atomic E-state index is 0.136. The number of benzene rings is 1. The zero-order chi connectivity index (χ0) is 37.8. The number of hydrogen-bond acceptors (Lipinski definition) is 10. The van der Waals surface area contributed by atoms with Gasteiger partial charge in [0.05, 0.1) is 40.1 Å². The van der Waals surface area contributed by atoms with E-state index in [1.807, 2.05) is 19.9 Å². The fourth-order valence-electron chi connectivity index (χ4n) is 6.37. The largest absolute Gasteiger partial charge is 0.389 e. The lowest BCUT2D eigenvalue weighted by molar-refractivity contribution is -0.123. The Labute approximate surface area is 304 Å². The number of rotatable bonds is 19. The van der Waals surface area contributed by atoms with Gasteiger partial charge in [0.15, 0.2) is 9.84 Å². The highest BCUT2D eigenvalue weighted by Crippen LogP contribution is 2.29. The van der Waals surface area contributed by atoms with Crippen LogP contribution in [0.4, 0.5) is 4.79 Å². The number of nitrogens with one attached hydrogen (secondary N) is 3. The molecule has 15 heteroatoms. The van der Waals surface area contributed by atoms with E-state index in [0.29, 0.717) is 30.9 Å². The van der Waals surface area contributed by atoms with Crippen molar-refractivity contribution < 1.29 is 36.6 Å². The van der Waals surface area contributed by atoms with Gasteiger partial charge in [-0.1, -0.05) is 75.8 Å². The van der Waals surface area contributed by atoms with E-state index >= 15 is 0 Å². The number of nitrogens with zero attached hydrogens (tertiary/aromatic N) is 2. The van der Waals surface area contributed by atoms with Gasteiger partial charge in [-0.3, -0.25) is 14.7 Å². The summed E-state index contributed by atoms with van der Waals surface area (Å²) in [5.74, 6) is -2.41. The van der Waals surface area contributed by atoms with Crippen LogP contribution in [0.15, 0.2) is 42.9 Å². The van der Waals surface area contributed by atoms with Crippen molar-refractivity contribution in [3.05, 3.63) is 54.1 Å². The summed E-state index contributed by atoms with van der Waals surface area (Å²) >= 11 is 0. The molecular formula is C36H59N5O8S2. The van der Waals surface area contributed by atoms with Gasteiger partial charge in [0.25, 0.3) is 0 Å². The number of amides is 2. The summed E-state index contributed by atoms with van der Waals surface area (Å²) in [4.78, 5) is 30.8. The molecule has 3 rings (SSSR count). The Balaban J connectivity index is 1.67. The second-order valence-corrected chi connectivity index (χ2v) is 19.7. The van der Waals surface area contributed by atoms with Crippen molar-refractivity contribution in [2.24, 2.45) is 11.8 Å². The Morgan fingerprint density at radius 3 is 2.29 bits per heavy atom. The van der Waals surface area contributed by atoms with E-state index in [0.717, 1.165) is 48.7 Å². The lowest BCUT2D eigenvalue weighted by Gasteiger charge is -2.34. The van der Waals surface area contributed by atoms with Crippen LogP contribution in [0.25, 0.3) is 0 Å². The summed E-state index contributed by atoms with van der Waals surface area (Å²) < 4.78 is 53.7. The number of aliphatic hydroxyl groups is 2. The number of imide groups is 1. The van der Waals surface area contributed by atoms with Gasteiger partial charge >= 0.3 is 6.03 Å². The number of aliphatic hydroxyl groups excluding tert-OH is 2. The Bertz CT molecular complexity index is 1600. The molecule has 1 heterocycles. The van der Waals surface area contributed by atoms with Crippen molar-refractivity contribution in [3.8, 4) is 0 Å². The average molecular weight is 754 g/mol. The molecule has 2 amide bonds. The van der Waals surface area contributed by atoms with E-state index in [-0.39, 0.29) is 19.0 Å². The predicted octanol–water partition coefficient (Wildman–Crippen LogP) is 3.34. The lowest BCUT2D eigenvalue weighted by atomic mass is 9.83. The van der Waals surface area contributed by atoms with Crippen molar-refractivity contribution in [1.82, 2.24) is 24.9 Å². The highest BCUT2D eigenvalue weighted by Gasteiger charge is 2.36. The number of carbonyl (C=O) groups is 2. The molecule has 1 fully saturated rings. The third kappa shape index (κ3) is 14.0. The highest BCUT2D eigenvalue weighted by molar-refractivity contribution is 7.92. The van der Waals surface area contributed by atoms with Gasteiger partial charge in [0.1, 0.15) is 6.33 Å². The van der Waals surface area contributed by atoms with E-state index in [9.17, 15) is 36.6 Å². The average Bonchev–Trinajstić information content (AvgIpc) is 3.52. The lowest BCUT2D eigenvalue weighted by Crippen LogP contribution is -2.53. The van der Waals surface area contributed by atoms with Gasteiger partial charge in [-0.05, 0) is 58.4 Å². The van der Waals surface area contributed by atoms with Gasteiger partial charge in [0.2, 0.25) is 15.9 Å². The molecule has 2 aromatic rings. The second-order valence-electron chi connectivity index (χ2n) is 15.1. The molecule has 288 valence electrons. The quantitative estimate of drug-likeness (QED) is 0.133. The van der Waals surface area contributed by atoms with Crippen molar-refractivity contribution >= 4 is 31.8 Å². The monoisotopic (exact) mass is 753 g/mol. The molecule has 51 heavy (non-hydrogen) atoms. The van der Waals surface area contributed by atoms with Crippen LogP contribution in [0.2, 0.25) is 0 Å². The third-order valence-electron chi connectivity index (χ3n) is 9.52. The number of sulfonamides is 1. The third-order valence-corrected chi connectivity index (χ3v) is 13.7. The maximum atomic E-state index is 13.4. The van der Waals surface area contributed by atoms with Crippen LogP contribution in [0.5, 0.6) is 0 Å². The van der Waals surface area contributed by atoms with Crippen LogP contribution < -0.4 is 15.4 Å². The van der Waals surface area contributed by atoms with Crippen molar-refractivity contribution in [2.75, 3.05) is 18.1 Å². The summed E-state index contributed by atoms with van der Waals surface area (Å²) in [5.41, 5.74) is 1.29. The van der Waals surface area contributed by atoms with Gasteiger partial charge in [-0.2, -0.15) is 0 Å². The highest BCUT2D eigenvalue weighted by atomic mass is 32.2. The fourth-order valence-corrected chi connectivity index (χ4v) is 8.89. The molecule has 0 radical (unpaired) electrons. The first-order chi connectivity index (χ1) is 23.9. The molecule has 1 aromatic heterocycles. The standard InChI is InChI=1S/C36H59N5O8S2/c1-6-7-18-38-51(48,49)24-32(42)33(43)31(21-28-16-12-9-13-17-28)39-26(2)19-30-22-41(25-37-30)35(45)40-34(44)29(20-27-14-10-8-11-15-27)23-50(46,47)36(3,4)5/h8,10-11,14-15,22,25-26,28-29,31-33,38-39,42-43H,6-7,9,12-13,16-21,23-24H2,1-5H3,(H,40,44,45)/t26?,29?,31-,32+,33-/m0/s1. The van der Waals surface area contributed by atoms with Gasteiger partial charge in [-0.15, -0.1) is 0 Å². The summed E-state index contributed by atoms with van der Waals surface area (Å²) in [6.45, 7) is 8.83. The minimum Gasteiger partial charge on any atom is -0.389 e. The maximum Gasteiger partial charge on any atom is 0.333 e. The summed E-state index contributed by atoms with van der Waals surface area (Å²) in [5, 5.41) is 27.8. The van der Waals surface area contributed by atoms with E-state index in [1.54, 1.807) is 45.0 Å². The molecule has 1 saturated carbocycles. The summed E-state index contributed by atoms with van der Waals surface area (Å²) in [6, 6.07) is 7.39. The van der Waals surface area contributed by atoms with Crippen molar-refractivity contribution in [1.29, 1.82) is 0 Å². The first-order valence-corrected chi connectivity index (χ1v) is 21.4. The molecule has 13 nitrogen and oxygen atoms in total. The first kappa shape index (κ1) is 42.7. The van der Waals surface area contributed by atoms with Crippen LogP contribution in [-0.4, -0.2) is 95.6 Å². The molecule has 1 aromatic carbocycles. The number of unbranched alkanes of at least 4 members (excludes halogenated alkanes) is 1. The second kappa shape index (κ2) is 19.4. The molecule has 0 spiro atoms. The Hall–Kier alpha value is -2.69. The van der Waals surface area contributed by atoms with Crippen LogP contribution in [0.3, 0.4) is 0 Å². The van der Waals surface area contributed by atoms with Crippen molar-refractivity contribution in [2.45, 2.75) is 128 Å². The zero-order valence-electron chi connectivity index (χ0n) is 30.8. The first-order valence-electron chi connectivity index (χ1n) is 18.1. The van der Waals surface area contributed by atoms with E-state index < -0.39 is 72.2 Å². The summed E-state index contributed by atoms with van der Waals surface area (Å²) in [6.07, 6.45) is 7.77. The van der Waals surface area contributed by atoms with Crippen LogP contribution in [-0.2, 0) is 37.5 Å². The number of aromatic nitrogens is 2. The van der Waals surface area contributed by atoms with Gasteiger partial charge in [-0.25, -0.2) is 31.3 Å². The van der Waals surface area contributed by atoms with Crippen molar-refractivity contribution in [3.63, 3.8) is 0 Å². The molecule has 5 N–H and O–H groups in total. The SMILES string of the molecule is CCCCNS(=O)(=O)C[C@@H](O)[C@@H](O)[C@H](CC1CCCCC1)NC(C)Cc1cn(C(=O)NC(=O)C(Cc2ccccc2)CS(=O)(=O)C(C)(C)C)cn1. The predicted molar refractivity (Wildman–Crippen MR) is 198 cm³/mol. The van der Waals surface area contributed by atoms with Gasteiger partial charge in [0, 0.05) is 31.2 Å². The molecule has 5 atom stereocenters. The molecule has 0 saturated heterocycles. The molecule has 0 aliphatic heterocycles. The molecule has 1 aliphatic carbocycles. The number of sulfone groups is 1. The zero-order valence-corrected chi connectivity index (χ0v) is 32.4. The molecular weight excluding hydrogens is 695 g/mol. The smallest absolute Gasteiger partial charge is 0.333 e. The van der Waals surface area contributed by atoms with Crippen LogP contribution in [0.1, 0.15) is 97.2 Å². The van der Waals surface area contributed by atoms with E-state index in [4.69, 9.17) is 0 Å². The van der Waals surface area contributed by atoms with Crippen LogP contribution in [0, 0.1) is 11.8 Å². The normalized spacial score (nSPS) is 17.7. The molecule has 2 unspecified atom stereocenters.